The lowest BCUT2D eigenvalue weighted by Gasteiger charge is -2.31. The van der Waals surface area contributed by atoms with Crippen molar-refractivity contribution in [2.45, 2.75) is 32.7 Å². The monoisotopic (exact) mass is 393 g/mol. The highest BCUT2D eigenvalue weighted by atomic mass is 16.2. The molecule has 2 aliphatic rings. The van der Waals surface area contributed by atoms with Crippen LogP contribution in [-0.2, 0) is 11.2 Å². The first-order valence-corrected chi connectivity index (χ1v) is 9.73. The number of fused-ring (bicyclic) bond motifs is 1. The molecule has 150 valence electrons. The quantitative estimate of drug-likeness (QED) is 0.742. The van der Waals surface area contributed by atoms with Gasteiger partial charge in [-0.3, -0.25) is 14.6 Å². The van der Waals surface area contributed by atoms with E-state index in [0.717, 1.165) is 29.1 Å². The minimum atomic E-state index is -0.614. The molecule has 1 unspecified atom stereocenters. The summed E-state index contributed by atoms with van der Waals surface area (Å²) in [6.07, 6.45) is 1.74. The molecule has 1 saturated heterocycles. The summed E-state index contributed by atoms with van der Waals surface area (Å²) in [5.41, 5.74) is 3.06. The molecule has 3 heterocycles. The molecule has 1 atom stereocenters. The van der Waals surface area contributed by atoms with Gasteiger partial charge in [-0.1, -0.05) is 35.3 Å². The van der Waals surface area contributed by atoms with Crippen molar-refractivity contribution in [3.8, 4) is 0 Å². The molecule has 0 aliphatic carbocycles. The highest BCUT2D eigenvalue weighted by Gasteiger charge is 2.52. The summed E-state index contributed by atoms with van der Waals surface area (Å²) >= 11 is 0. The van der Waals surface area contributed by atoms with Crippen LogP contribution in [0, 0.1) is 13.8 Å². The molecule has 0 radical (unpaired) electrons. The molecule has 4 rings (SSSR count). The smallest absolute Gasteiger partial charge is 0.270 e. The maximum Gasteiger partial charge on any atom is 0.421 e. The number of amidine groups is 1. The van der Waals surface area contributed by atoms with Gasteiger partial charge in [0.15, 0.2) is 0 Å². The van der Waals surface area contributed by atoms with Crippen LogP contribution in [0.1, 0.15) is 23.4 Å². The highest BCUT2D eigenvalue weighted by molar-refractivity contribution is 6.22. The van der Waals surface area contributed by atoms with E-state index in [1.807, 2.05) is 42.7 Å². The predicted molar refractivity (Wildman–Crippen MR) is 109 cm³/mol. The van der Waals surface area contributed by atoms with Crippen LogP contribution in [0.2, 0.25) is 0 Å². The normalized spacial score (nSPS) is 19.2. The fourth-order valence-electron chi connectivity index (χ4n) is 3.91. The average Bonchev–Trinajstić information content (AvgIpc) is 3.25. The summed E-state index contributed by atoms with van der Waals surface area (Å²) in [4.78, 5) is 32.7. The van der Waals surface area contributed by atoms with E-state index in [0.29, 0.717) is 18.3 Å². The third-order valence-electron chi connectivity index (χ3n) is 5.42. The molecule has 0 spiro atoms. The molecule has 0 N–H and O–H groups in total. The van der Waals surface area contributed by atoms with Gasteiger partial charge >= 0.3 is 12.0 Å². The second-order valence-electron chi connectivity index (χ2n) is 7.53. The van der Waals surface area contributed by atoms with Crippen molar-refractivity contribution in [2.24, 2.45) is 4.99 Å². The Balaban J connectivity index is 1.70. The number of aromatic nitrogens is 2. The SMILES string of the molecule is Cc1cc(C)n(C2=[N+](CCCc3ccccc3)C3C(=O)N(C)C(=O)N(C)C3=N2)n1. The van der Waals surface area contributed by atoms with Gasteiger partial charge in [-0.15, -0.1) is 9.78 Å². The van der Waals surface area contributed by atoms with Crippen LogP contribution < -0.4 is 0 Å². The van der Waals surface area contributed by atoms with E-state index in [1.165, 1.54) is 17.5 Å². The number of likely N-dealkylation sites (N-methyl/N-ethyl adjacent to an activating group) is 2. The van der Waals surface area contributed by atoms with Gasteiger partial charge in [0, 0.05) is 14.1 Å². The topological polar surface area (TPSA) is 73.8 Å². The fourth-order valence-corrected chi connectivity index (χ4v) is 3.91. The third-order valence-corrected chi connectivity index (χ3v) is 5.42. The number of benzene rings is 1. The second kappa shape index (κ2) is 7.27. The van der Waals surface area contributed by atoms with Crippen molar-refractivity contribution >= 4 is 23.7 Å². The number of rotatable bonds is 4. The Kier molecular flexibility index (Phi) is 4.77. The zero-order valence-corrected chi connectivity index (χ0v) is 17.2. The fraction of sp³-hybridized carbons (Fsp3) is 0.381. The maximum absolute atomic E-state index is 13.0. The van der Waals surface area contributed by atoms with Gasteiger partial charge in [0.1, 0.15) is 5.69 Å². The number of imide groups is 1. The number of aryl methyl sites for hydroxylation is 3. The van der Waals surface area contributed by atoms with E-state index in [1.54, 1.807) is 11.7 Å². The van der Waals surface area contributed by atoms with Crippen molar-refractivity contribution in [1.82, 2.24) is 19.6 Å². The number of urea groups is 1. The number of aliphatic imine (C=N–C) groups is 1. The Labute approximate surface area is 169 Å². The number of nitrogens with zero attached hydrogens (tertiary/aromatic N) is 6. The van der Waals surface area contributed by atoms with Crippen LogP contribution in [0.5, 0.6) is 0 Å². The van der Waals surface area contributed by atoms with Gasteiger partial charge < -0.3 is 0 Å². The van der Waals surface area contributed by atoms with E-state index in [4.69, 9.17) is 4.99 Å². The van der Waals surface area contributed by atoms with Gasteiger partial charge in [0.05, 0.1) is 12.2 Å². The standard InChI is InChI=1S/C21H25N6O2/c1-14-13-15(2)27(23-14)20-22-18-17(19(28)25(4)21(29)24(18)3)26(20)12-8-11-16-9-6-5-7-10-16/h5-7,9-10,13,17H,8,11-12H2,1-4H3/q+1. The summed E-state index contributed by atoms with van der Waals surface area (Å²) in [6, 6.07) is 11.2. The van der Waals surface area contributed by atoms with Crippen molar-refractivity contribution < 1.29 is 14.2 Å². The molecule has 29 heavy (non-hydrogen) atoms. The zero-order chi connectivity index (χ0) is 20.7. The Morgan fingerprint density at radius 3 is 2.45 bits per heavy atom. The zero-order valence-electron chi connectivity index (χ0n) is 17.2. The lowest BCUT2D eigenvalue weighted by molar-refractivity contribution is -0.537. The molecule has 2 aromatic rings. The van der Waals surface area contributed by atoms with E-state index < -0.39 is 6.04 Å². The Morgan fingerprint density at radius 2 is 1.79 bits per heavy atom. The number of hydrogen-bond acceptors (Lipinski definition) is 4. The van der Waals surface area contributed by atoms with Crippen LogP contribution in [0.4, 0.5) is 4.79 Å². The Hall–Kier alpha value is -3.29. The molecule has 0 saturated carbocycles. The van der Waals surface area contributed by atoms with Gasteiger partial charge in [-0.25, -0.2) is 9.37 Å². The van der Waals surface area contributed by atoms with Crippen LogP contribution in [0.25, 0.3) is 0 Å². The predicted octanol–water partition coefficient (Wildman–Crippen LogP) is 1.65. The van der Waals surface area contributed by atoms with Gasteiger partial charge in [0.25, 0.3) is 5.91 Å². The summed E-state index contributed by atoms with van der Waals surface area (Å²) in [7, 11) is 3.17. The van der Waals surface area contributed by atoms with Crippen molar-refractivity contribution in [3.63, 3.8) is 0 Å². The Morgan fingerprint density at radius 1 is 1.07 bits per heavy atom. The minimum absolute atomic E-state index is 0.261. The third kappa shape index (κ3) is 3.24. The molecule has 8 nitrogen and oxygen atoms in total. The maximum atomic E-state index is 13.0. The molecule has 1 aromatic heterocycles. The number of carbonyl (C=O) groups excluding carboxylic acids is 2. The van der Waals surface area contributed by atoms with Crippen LogP contribution in [0.15, 0.2) is 41.4 Å². The number of carbonyl (C=O) groups is 2. The summed E-state index contributed by atoms with van der Waals surface area (Å²) in [6.45, 7) is 4.51. The molecule has 1 fully saturated rings. The molecular formula is C21H25N6O2+. The van der Waals surface area contributed by atoms with Crippen LogP contribution >= 0.6 is 0 Å². The van der Waals surface area contributed by atoms with Gasteiger partial charge in [-0.2, -0.15) is 0 Å². The average molecular weight is 393 g/mol. The van der Waals surface area contributed by atoms with Crippen molar-refractivity contribution in [2.75, 3.05) is 20.6 Å². The summed E-state index contributed by atoms with van der Waals surface area (Å²) < 4.78 is 3.73. The lowest BCUT2D eigenvalue weighted by Crippen LogP contribution is -2.61. The number of amides is 3. The first-order chi connectivity index (χ1) is 13.9. The van der Waals surface area contributed by atoms with Crippen molar-refractivity contribution in [3.05, 3.63) is 53.3 Å². The molecule has 2 aliphatic heterocycles. The van der Waals surface area contributed by atoms with Crippen molar-refractivity contribution in [1.29, 1.82) is 0 Å². The molecule has 1 aromatic carbocycles. The first kappa shape index (κ1) is 19.0. The van der Waals surface area contributed by atoms with E-state index in [-0.39, 0.29) is 11.9 Å². The van der Waals surface area contributed by atoms with E-state index >= 15 is 0 Å². The minimum Gasteiger partial charge on any atom is -0.270 e. The van der Waals surface area contributed by atoms with Crippen LogP contribution in [0.3, 0.4) is 0 Å². The summed E-state index contributed by atoms with van der Waals surface area (Å²) in [5.74, 6) is 0.787. The lowest BCUT2D eigenvalue weighted by atomic mass is 10.1. The largest absolute Gasteiger partial charge is 0.421 e. The second-order valence-corrected chi connectivity index (χ2v) is 7.53. The molecule has 3 amide bonds. The van der Waals surface area contributed by atoms with E-state index in [2.05, 4.69) is 17.2 Å². The molecule has 0 bridgehead atoms. The first-order valence-electron chi connectivity index (χ1n) is 9.73. The van der Waals surface area contributed by atoms with E-state index in [9.17, 15) is 9.59 Å². The van der Waals surface area contributed by atoms with Gasteiger partial charge in [-0.05, 0) is 38.3 Å². The molecular weight excluding hydrogens is 368 g/mol. The van der Waals surface area contributed by atoms with Gasteiger partial charge in [0.2, 0.25) is 11.9 Å². The summed E-state index contributed by atoms with van der Waals surface area (Å²) in [5, 5.41) is 4.56. The van der Waals surface area contributed by atoms with Crippen LogP contribution in [-0.4, -0.2) is 74.6 Å². The molecule has 8 heteroatoms. The highest BCUT2D eigenvalue weighted by Crippen LogP contribution is 2.20. The Bertz CT molecular complexity index is 1040. The number of hydrogen-bond donors (Lipinski definition) is 0.